The summed E-state index contributed by atoms with van der Waals surface area (Å²) in [5.41, 5.74) is 1.25. The Kier molecular flexibility index (Phi) is 4.50. The minimum absolute atomic E-state index is 0.0810. The molecule has 0 aliphatic carbocycles. The lowest BCUT2D eigenvalue weighted by molar-refractivity contribution is -0.129. The number of likely N-dealkylation sites (N-methyl/N-ethyl adjacent to an activating group) is 1. The first-order valence-electron chi connectivity index (χ1n) is 8.70. The maximum absolute atomic E-state index is 12.6. The number of amides is 1. The molecule has 1 aliphatic heterocycles. The van der Waals surface area contributed by atoms with Crippen molar-refractivity contribution in [1.82, 2.24) is 14.9 Å². The van der Waals surface area contributed by atoms with Crippen LogP contribution in [0.3, 0.4) is 0 Å². The number of aromatic amines is 1. The maximum Gasteiger partial charge on any atom is 0.258 e. The quantitative estimate of drug-likeness (QED) is 0.763. The van der Waals surface area contributed by atoms with Crippen LogP contribution in [0, 0.1) is 0 Å². The summed E-state index contributed by atoms with van der Waals surface area (Å²) in [5.74, 6) is 1.73. The van der Waals surface area contributed by atoms with Crippen molar-refractivity contribution in [2.24, 2.45) is 0 Å². The number of hydrogen-bond donors (Lipinski definition) is 1. The molecule has 0 unspecified atom stereocenters. The molecule has 4 rings (SSSR count). The molecule has 1 amide bonds. The largest absolute Gasteiger partial charge is 0.486 e. The van der Waals surface area contributed by atoms with Crippen molar-refractivity contribution in [1.29, 1.82) is 0 Å². The zero-order valence-corrected chi connectivity index (χ0v) is 14.9. The predicted molar refractivity (Wildman–Crippen MR) is 100.0 cm³/mol. The second-order valence-corrected chi connectivity index (χ2v) is 6.43. The molecule has 0 bridgehead atoms. The number of para-hydroxylation sites is 1. The highest BCUT2D eigenvalue weighted by molar-refractivity contribution is 5.79. The molecule has 0 saturated carbocycles. The Bertz CT molecular complexity index is 1060. The molecule has 0 atom stereocenters. The van der Waals surface area contributed by atoms with Gasteiger partial charge in [-0.05, 0) is 29.8 Å². The van der Waals surface area contributed by atoms with Crippen LogP contribution in [0.25, 0.3) is 10.9 Å². The molecule has 0 saturated heterocycles. The fraction of sp³-hybridized carbons (Fsp3) is 0.250. The van der Waals surface area contributed by atoms with Gasteiger partial charge in [-0.25, -0.2) is 4.98 Å². The third-order valence-corrected chi connectivity index (χ3v) is 4.44. The van der Waals surface area contributed by atoms with E-state index in [1.165, 1.54) is 0 Å². The van der Waals surface area contributed by atoms with Gasteiger partial charge in [-0.1, -0.05) is 18.2 Å². The predicted octanol–water partition coefficient (Wildman–Crippen LogP) is 1.90. The zero-order valence-electron chi connectivity index (χ0n) is 14.9. The molecular formula is C20H19N3O4. The highest BCUT2D eigenvalue weighted by Gasteiger charge is 2.16. The van der Waals surface area contributed by atoms with Crippen molar-refractivity contribution in [2.75, 3.05) is 20.3 Å². The monoisotopic (exact) mass is 365 g/mol. The summed E-state index contributed by atoms with van der Waals surface area (Å²) in [6.07, 6.45) is 0.227. The Morgan fingerprint density at radius 1 is 1.15 bits per heavy atom. The highest BCUT2D eigenvalue weighted by atomic mass is 16.6. The van der Waals surface area contributed by atoms with Gasteiger partial charge in [0.1, 0.15) is 19.0 Å². The molecule has 0 spiro atoms. The number of aromatic nitrogens is 2. The van der Waals surface area contributed by atoms with Gasteiger partial charge < -0.3 is 19.4 Å². The second-order valence-electron chi connectivity index (χ2n) is 6.43. The summed E-state index contributed by atoms with van der Waals surface area (Å²) in [4.78, 5) is 33.4. The first-order chi connectivity index (χ1) is 13.1. The van der Waals surface area contributed by atoms with Gasteiger partial charge in [0.25, 0.3) is 5.56 Å². The summed E-state index contributed by atoms with van der Waals surface area (Å²) in [7, 11) is 1.69. The van der Waals surface area contributed by atoms with Crippen LogP contribution in [0.5, 0.6) is 11.5 Å². The van der Waals surface area contributed by atoms with E-state index >= 15 is 0 Å². The van der Waals surface area contributed by atoms with E-state index in [0.29, 0.717) is 41.4 Å². The minimum Gasteiger partial charge on any atom is -0.486 e. The average Bonchev–Trinajstić information content (AvgIpc) is 2.68. The van der Waals surface area contributed by atoms with Crippen molar-refractivity contribution in [3.8, 4) is 11.5 Å². The summed E-state index contributed by atoms with van der Waals surface area (Å²) in [5, 5.41) is 0.534. The van der Waals surface area contributed by atoms with Crippen molar-refractivity contribution in [3.05, 3.63) is 64.2 Å². The van der Waals surface area contributed by atoms with E-state index in [2.05, 4.69) is 9.97 Å². The zero-order chi connectivity index (χ0) is 18.8. The summed E-state index contributed by atoms with van der Waals surface area (Å²) in [6.45, 7) is 1.26. The van der Waals surface area contributed by atoms with Crippen LogP contribution in [0.4, 0.5) is 0 Å². The van der Waals surface area contributed by atoms with Gasteiger partial charge in [-0.2, -0.15) is 0 Å². The van der Waals surface area contributed by atoms with E-state index in [-0.39, 0.29) is 24.4 Å². The minimum atomic E-state index is -0.205. The van der Waals surface area contributed by atoms with E-state index in [9.17, 15) is 9.59 Å². The molecule has 0 fully saturated rings. The van der Waals surface area contributed by atoms with Crippen molar-refractivity contribution in [2.45, 2.75) is 13.0 Å². The molecule has 3 aromatic rings. The molecule has 1 N–H and O–H groups in total. The Hall–Kier alpha value is -3.35. The normalized spacial score (nSPS) is 12.8. The third-order valence-electron chi connectivity index (χ3n) is 4.44. The number of nitrogens with one attached hydrogen (secondary N) is 1. The van der Waals surface area contributed by atoms with Crippen LogP contribution >= 0.6 is 0 Å². The molecule has 2 aromatic carbocycles. The fourth-order valence-corrected chi connectivity index (χ4v) is 3.03. The lowest BCUT2D eigenvalue weighted by Crippen LogP contribution is -2.29. The van der Waals surface area contributed by atoms with Gasteiger partial charge in [0.15, 0.2) is 11.5 Å². The lowest BCUT2D eigenvalue weighted by atomic mass is 10.1. The topological polar surface area (TPSA) is 84.5 Å². The first kappa shape index (κ1) is 17.1. The maximum atomic E-state index is 12.6. The Morgan fingerprint density at radius 3 is 2.78 bits per heavy atom. The summed E-state index contributed by atoms with van der Waals surface area (Å²) < 4.78 is 11.1. The van der Waals surface area contributed by atoms with Crippen LogP contribution in [0.15, 0.2) is 47.3 Å². The van der Waals surface area contributed by atoms with Crippen LogP contribution < -0.4 is 15.0 Å². The van der Waals surface area contributed by atoms with Crippen molar-refractivity contribution in [3.63, 3.8) is 0 Å². The van der Waals surface area contributed by atoms with Crippen LogP contribution in [0.2, 0.25) is 0 Å². The van der Waals surface area contributed by atoms with Gasteiger partial charge in [0.2, 0.25) is 5.91 Å². The Labute approximate surface area is 155 Å². The number of hydrogen-bond acceptors (Lipinski definition) is 5. The average molecular weight is 365 g/mol. The molecule has 1 aliphatic rings. The fourth-order valence-electron chi connectivity index (χ4n) is 3.03. The van der Waals surface area contributed by atoms with Crippen molar-refractivity contribution < 1.29 is 14.3 Å². The number of carbonyl (C=O) groups excluding carboxylic acids is 1. The van der Waals surface area contributed by atoms with Gasteiger partial charge in [0, 0.05) is 7.05 Å². The van der Waals surface area contributed by atoms with Crippen molar-refractivity contribution >= 4 is 16.8 Å². The number of nitrogens with zero attached hydrogens (tertiary/aromatic N) is 2. The molecule has 138 valence electrons. The number of rotatable bonds is 4. The Balaban J connectivity index is 1.47. The molecular weight excluding hydrogens is 346 g/mol. The summed E-state index contributed by atoms with van der Waals surface area (Å²) in [6, 6.07) is 12.6. The lowest BCUT2D eigenvalue weighted by Gasteiger charge is -2.20. The van der Waals surface area contributed by atoms with Gasteiger partial charge in [-0.3, -0.25) is 9.59 Å². The number of fused-ring (bicyclic) bond motifs is 2. The molecule has 0 radical (unpaired) electrons. The van der Waals surface area contributed by atoms with E-state index in [0.717, 1.165) is 5.56 Å². The number of carbonyl (C=O) groups is 1. The molecule has 27 heavy (non-hydrogen) atoms. The van der Waals surface area contributed by atoms with Crippen LogP contribution in [0.1, 0.15) is 11.4 Å². The standard InChI is InChI=1S/C20H19N3O4/c1-23(12-18-21-15-5-3-2-4-14(15)20(25)22-18)19(24)11-13-6-7-16-17(10-13)27-9-8-26-16/h2-7,10H,8-9,11-12H2,1H3,(H,21,22,25). The highest BCUT2D eigenvalue weighted by Crippen LogP contribution is 2.30. The molecule has 7 heteroatoms. The SMILES string of the molecule is CN(Cc1nc2ccccc2c(=O)[nH]1)C(=O)Cc1ccc2c(c1)OCCO2. The third kappa shape index (κ3) is 3.62. The van der Waals surface area contributed by atoms with Gasteiger partial charge in [-0.15, -0.1) is 0 Å². The molecule has 1 aromatic heterocycles. The number of H-pyrrole nitrogens is 1. The Morgan fingerprint density at radius 2 is 1.93 bits per heavy atom. The van der Waals surface area contributed by atoms with E-state index in [4.69, 9.17) is 9.47 Å². The van der Waals surface area contributed by atoms with E-state index < -0.39 is 0 Å². The number of benzene rings is 2. The van der Waals surface area contributed by atoms with E-state index in [1.807, 2.05) is 24.3 Å². The van der Waals surface area contributed by atoms with Gasteiger partial charge >= 0.3 is 0 Å². The molecule has 7 nitrogen and oxygen atoms in total. The first-order valence-corrected chi connectivity index (χ1v) is 8.70. The smallest absolute Gasteiger partial charge is 0.258 e. The van der Waals surface area contributed by atoms with E-state index in [1.54, 1.807) is 30.1 Å². The molecule has 2 heterocycles. The summed E-state index contributed by atoms with van der Waals surface area (Å²) >= 11 is 0. The van der Waals surface area contributed by atoms with Crippen LogP contribution in [-0.4, -0.2) is 41.0 Å². The van der Waals surface area contributed by atoms with Gasteiger partial charge in [0.05, 0.1) is 23.9 Å². The van der Waals surface area contributed by atoms with Crippen LogP contribution in [-0.2, 0) is 17.8 Å². The number of ether oxygens (including phenoxy) is 2. The second kappa shape index (κ2) is 7.11.